The monoisotopic (exact) mass is 509 g/mol. The van der Waals surface area contributed by atoms with Crippen molar-refractivity contribution in [3.63, 3.8) is 0 Å². The molecule has 0 unspecified atom stereocenters. The molecule has 0 aliphatic carbocycles. The second-order valence-electron chi connectivity index (χ2n) is 7.18. The minimum Gasteiger partial charge on any atom is -0.483 e. The van der Waals surface area contributed by atoms with E-state index < -0.39 is 11.8 Å². The predicted molar refractivity (Wildman–Crippen MR) is 124 cm³/mol. The van der Waals surface area contributed by atoms with Crippen LogP contribution in [0.4, 0.5) is 5.69 Å². The Morgan fingerprint density at radius 2 is 1.71 bits per heavy atom. The minimum atomic E-state index is -0.509. The molecule has 0 aliphatic rings. The summed E-state index contributed by atoms with van der Waals surface area (Å²) in [4.78, 5) is 35.9. The number of benzene rings is 2. The number of amides is 3. The number of hydrogen-bond donors (Lipinski definition) is 3. The molecule has 0 radical (unpaired) electrons. The number of carbonyl (C=O) groups excluding carboxylic acids is 3. The van der Waals surface area contributed by atoms with Gasteiger partial charge >= 0.3 is 0 Å². The van der Waals surface area contributed by atoms with Crippen molar-refractivity contribution in [2.45, 2.75) is 39.5 Å². The Kier molecular flexibility index (Phi) is 9.33. The second-order valence-corrected chi connectivity index (χ2v) is 8.51. The van der Waals surface area contributed by atoms with Crippen LogP contribution in [0.15, 0.2) is 40.9 Å². The number of halogens is 2. The van der Waals surface area contributed by atoms with Crippen LogP contribution in [0.1, 0.15) is 43.7 Å². The minimum absolute atomic E-state index is 0.0409. The Morgan fingerprint density at radius 1 is 1.03 bits per heavy atom. The van der Waals surface area contributed by atoms with Crippen LogP contribution in [-0.2, 0) is 14.4 Å². The fourth-order valence-electron chi connectivity index (χ4n) is 2.67. The van der Waals surface area contributed by atoms with Crippen LogP contribution < -0.4 is 20.9 Å². The average molecular weight is 511 g/mol. The SMILES string of the molecule is Cc1c(Cl)cccc1NC(=O)CCC(=O)NNC(=O)COc1ccc(Br)cc1C(C)C. The fraction of sp³-hybridized carbons (Fsp3) is 0.318. The van der Waals surface area contributed by atoms with Crippen molar-refractivity contribution in [2.75, 3.05) is 11.9 Å². The molecule has 3 N–H and O–H groups in total. The van der Waals surface area contributed by atoms with Crippen molar-refractivity contribution in [3.05, 3.63) is 57.0 Å². The topological polar surface area (TPSA) is 96.5 Å². The van der Waals surface area contributed by atoms with Crippen LogP contribution in [0.3, 0.4) is 0 Å². The Bertz CT molecular complexity index is 966. The molecule has 2 aromatic rings. The molecule has 3 amide bonds. The Labute approximate surface area is 195 Å². The van der Waals surface area contributed by atoms with Crippen molar-refractivity contribution in [2.24, 2.45) is 0 Å². The molecular formula is C22H25BrClN3O4. The van der Waals surface area contributed by atoms with Crippen molar-refractivity contribution >= 4 is 50.9 Å². The van der Waals surface area contributed by atoms with Gasteiger partial charge in [-0.25, -0.2) is 0 Å². The highest BCUT2D eigenvalue weighted by Crippen LogP contribution is 2.29. The molecule has 0 aromatic heterocycles. The molecule has 2 rings (SSSR count). The number of rotatable bonds is 8. The standard InChI is InChI=1S/C22H25BrClN3O4/c1-13(2)16-11-15(23)7-8-19(16)31-12-22(30)27-26-21(29)10-9-20(28)25-18-6-4-5-17(24)14(18)3/h4-8,11,13H,9-10,12H2,1-3H3,(H,25,28)(H,26,29)(H,27,30). The first-order chi connectivity index (χ1) is 14.7. The zero-order chi connectivity index (χ0) is 23.0. The van der Waals surface area contributed by atoms with Crippen molar-refractivity contribution in [1.29, 1.82) is 0 Å². The first-order valence-corrected chi connectivity index (χ1v) is 10.9. The molecule has 0 fully saturated rings. The molecule has 0 spiro atoms. The molecule has 0 saturated heterocycles. The summed E-state index contributed by atoms with van der Waals surface area (Å²) in [6, 6.07) is 10.7. The van der Waals surface area contributed by atoms with Gasteiger partial charge in [-0.1, -0.05) is 47.4 Å². The van der Waals surface area contributed by atoms with Crippen molar-refractivity contribution in [1.82, 2.24) is 10.9 Å². The zero-order valence-electron chi connectivity index (χ0n) is 17.6. The highest BCUT2D eigenvalue weighted by Gasteiger charge is 2.13. The van der Waals surface area contributed by atoms with E-state index in [1.807, 2.05) is 26.0 Å². The van der Waals surface area contributed by atoms with E-state index in [2.05, 4.69) is 32.1 Å². The van der Waals surface area contributed by atoms with Crippen LogP contribution in [-0.4, -0.2) is 24.3 Å². The van der Waals surface area contributed by atoms with Gasteiger partial charge in [0.05, 0.1) is 0 Å². The lowest BCUT2D eigenvalue weighted by atomic mass is 10.0. The molecule has 0 saturated carbocycles. The van der Waals surface area contributed by atoms with Gasteiger partial charge in [0.1, 0.15) is 5.75 Å². The van der Waals surface area contributed by atoms with Crippen molar-refractivity contribution < 1.29 is 19.1 Å². The van der Waals surface area contributed by atoms with Crippen LogP contribution in [0.25, 0.3) is 0 Å². The van der Waals surface area contributed by atoms with E-state index in [9.17, 15) is 14.4 Å². The lowest BCUT2D eigenvalue weighted by molar-refractivity contribution is -0.130. The first kappa shape index (κ1) is 24.7. The Morgan fingerprint density at radius 3 is 2.42 bits per heavy atom. The molecule has 0 aliphatic heterocycles. The van der Waals surface area contributed by atoms with Crippen LogP contribution in [0.2, 0.25) is 5.02 Å². The Balaban J connectivity index is 1.73. The zero-order valence-corrected chi connectivity index (χ0v) is 19.9. The summed E-state index contributed by atoms with van der Waals surface area (Å²) in [5, 5.41) is 3.26. The van der Waals surface area contributed by atoms with Gasteiger partial charge in [0.25, 0.3) is 5.91 Å². The van der Waals surface area contributed by atoms with Gasteiger partial charge in [-0.15, -0.1) is 0 Å². The number of nitrogens with one attached hydrogen (secondary N) is 3. The van der Waals surface area contributed by atoms with Crippen LogP contribution >= 0.6 is 27.5 Å². The van der Waals surface area contributed by atoms with E-state index in [1.165, 1.54) is 0 Å². The summed E-state index contributed by atoms with van der Waals surface area (Å²) in [6.07, 6.45) is -0.127. The number of hydrogen-bond acceptors (Lipinski definition) is 4. The van der Waals surface area contributed by atoms with Gasteiger partial charge in [0, 0.05) is 28.0 Å². The number of ether oxygens (including phenoxy) is 1. The second kappa shape index (κ2) is 11.7. The number of carbonyl (C=O) groups is 3. The predicted octanol–water partition coefficient (Wildman–Crippen LogP) is 4.48. The maximum Gasteiger partial charge on any atom is 0.276 e. The van der Waals surface area contributed by atoms with Gasteiger partial charge in [-0.3, -0.25) is 25.2 Å². The van der Waals surface area contributed by atoms with Crippen LogP contribution in [0, 0.1) is 6.92 Å². The van der Waals surface area contributed by atoms with Gasteiger partial charge < -0.3 is 10.1 Å². The van der Waals surface area contributed by atoms with Gasteiger partial charge in [-0.05, 0) is 54.3 Å². The first-order valence-electron chi connectivity index (χ1n) is 9.72. The van der Waals surface area contributed by atoms with E-state index in [-0.39, 0.29) is 31.3 Å². The third-order valence-corrected chi connectivity index (χ3v) is 5.32. The smallest absolute Gasteiger partial charge is 0.276 e. The van der Waals surface area contributed by atoms with Crippen molar-refractivity contribution in [3.8, 4) is 5.75 Å². The highest BCUT2D eigenvalue weighted by molar-refractivity contribution is 9.10. The lowest BCUT2D eigenvalue weighted by Crippen LogP contribution is -2.44. The molecule has 9 heteroatoms. The lowest BCUT2D eigenvalue weighted by Gasteiger charge is -2.14. The highest BCUT2D eigenvalue weighted by atomic mass is 79.9. The third-order valence-electron chi connectivity index (χ3n) is 4.41. The summed E-state index contributed by atoms with van der Waals surface area (Å²) in [5.74, 6) is -0.501. The number of hydrazine groups is 1. The quantitative estimate of drug-likeness (QED) is 0.456. The largest absolute Gasteiger partial charge is 0.483 e. The third kappa shape index (κ3) is 7.88. The fourth-order valence-corrected chi connectivity index (χ4v) is 3.22. The molecule has 0 atom stereocenters. The molecule has 0 bridgehead atoms. The molecule has 31 heavy (non-hydrogen) atoms. The van der Waals surface area contributed by atoms with E-state index in [0.29, 0.717) is 16.5 Å². The summed E-state index contributed by atoms with van der Waals surface area (Å²) in [6.45, 7) is 5.59. The average Bonchev–Trinajstić information content (AvgIpc) is 2.73. The van der Waals surface area contributed by atoms with Gasteiger partial charge in [-0.2, -0.15) is 0 Å². The van der Waals surface area contributed by atoms with Gasteiger partial charge in [0.2, 0.25) is 11.8 Å². The van der Waals surface area contributed by atoms with Gasteiger partial charge in [0.15, 0.2) is 6.61 Å². The maximum absolute atomic E-state index is 12.0. The summed E-state index contributed by atoms with van der Waals surface area (Å²) in [5.41, 5.74) is 6.87. The van der Waals surface area contributed by atoms with E-state index >= 15 is 0 Å². The molecular weight excluding hydrogens is 486 g/mol. The molecule has 0 heterocycles. The molecule has 2 aromatic carbocycles. The number of anilines is 1. The Hall–Kier alpha value is -2.58. The van der Waals surface area contributed by atoms with E-state index in [1.54, 1.807) is 31.2 Å². The summed E-state index contributed by atoms with van der Waals surface area (Å²) >= 11 is 9.44. The maximum atomic E-state index is 12.0. The van der Waals surface area contributed by atoms with E-state index in [0.717, 1.165) is 15.6 Å². The van der Waals surface area contributed by atoms with E-state index in [4.69, 9.17) is 16.3 Å². The molecule has 166 valence electrons. The van der Waals surface area contributed by atoms with Crippen LogP contribution in [0.5, 0.6) is 5.75 Å². The summed E-state index contributed by atoms with van der Waals surface area (Å²) in [7, 11) is 0. The summed E-state index contributed by atoms with van der Waals surface area (Å²) < 4.78 is 6.50. The normalized spacial score (nSPS) is 10.5. The molecule has 7 nitrogen and oxygen atoms in total.